The van der Waals surface area contributed by atoms with Gasteiger partial charge in [-0.2, -0.15) is 0 Å². The fraction of sp³-hybridized carbons (Fsp3) is 0.120. The van der Waals surface area contributed by atoms with Crippen molar-refractivity contribution in [3.8, 4) is 40.1 Å². The van der Waals surface area contributed by atoms with Gasteiger partial charge in [-0.15, -0.1) is 0 Å². The summed E-state index contributed by atoms with van der Waals surface area (Å²) >= 11 is 0. The molecule has 180 valence electrons. The van der Waals surface area contributed by atoms with Crippen molar-refractivity contribution in [2.45, 2.75) is 12.3 Å². The largest absolute Gasteiger partial charge is 0.507 e. The minimum Gasteiger partial charge on any atom is -0.507 e. The Morgan fingerprint density at radius 1 is 0.943 bits per heavy atom. The highest BCUT2D eigenvalue weighted by Gasteiger charge is 2.30. The van der Waals surface area contributed by atoms with E-state index in [9.17, 15) is 39.5 Å². The fourth-order valence-corrected chi connectivity index (χ4v) is 3.87. The van der Waals surface area contributed by atoms with E-state index < -0.39 is 63.0 Å². The van der Waals surface area contributed by atoms with E-state index in [1.54, 1.807) is 0 Å². The zero-order valence-electron chi connectivity index (χ0n) is 18.2. The first kappa shape index (κ1) is 23.4. The van der Waals surface area contributed by atoms with Crippen molar-refractivity contribution in [1.29, 1.82) is 0 Å². The number of hydrogen-bond donors (Lipinski definition) is 5. The van der Waals surface area contributed by atoms with Gasteiger partial charge in [-0.05, 0) is 35.9 Å². The van der Waals surface area contributed by atoms with Gasteiger partial charge in [-0.25, -0.2) is 4.39 Å². The van der Waals surface area contributed by atoms with Gasteiger partial charge >= 0.3 is 5.97 Å². The Balaban J connectivity index is 2.08. The number of halogens is 1. The van der Waals surface area contributed by atoms with Gasteiger partial charge in [0.1, 0.15) is 28.3 Å². The van der Waals surface area contributed by atoms with E-state index in [1.807, 2.05) is 0 Å². The molecule has 0 bridgehead atoms. The first-order valence-electron chi connectivity index (χ1n) is 10.2. The summed E-state index contributed by atoms with van der Waals surface area (Å²) in [6.45, 7) is 0. The molecular weight excluding hydrogens is 463 g/mol. The van der Waals surface area contributed by atoms with Crippen molar-refractivity contribution in [3.05, 3.63) is 75.7 Å². The SMILES string of the molecule is COC(=O)CC(c1ccc(F)cc1)c1c(O)cc(O)c2c(=O)c(O)c(-c3ccc(O)c(O)c3)oc12. The standard InChI is InChI=1S/C25H19FO9/c1-34-19(31)9-14(11-2-5-13(26)6-3-11)20-17(29)10-18(30)21-22(32)23(33)24(35-25(20)21)12-4-7-15(27)16(28)8-12/h2-8,10,14,27-30,33H,9H2,1H3. The predicted molar refractivity (Wildman–Crippen MR) is 121 cm³/mol. The molecule has 4 rings (SSSR count). The average molecular weight is 482 g/mol. The number of esters is 1. The Kier molecular flexibility index (Phi) is 5.96. The van der Waals surface area contributed by atoms with Crippen molar-refractivity contribution in [2.75, 3.05) is 7.11 Å². The van der Waals surface area contributed by atoms with Crippen LogP contribution in [0.2, 0.25) is 0 Å². The van der Waals surface area contributed by atoms with Crippen LogP contribution in [0.5, 0.6) is 28.7 Å². The lowest BCUT2D eigenvalue weighted by Gasteiger charge is -2.20. The van der Waals surface area contributed by atoms with E-state index in [1.165, 1.54) is 18.2 Å². The van der Waals surface area contributed by atoms with Gasteiger partial charge < -0.3 is 34.7 Å². The molecular formula is C25H19FO9. The van der Waals surface area contributed by atoms with Crippen LogP contribution < -0.4 is 5.43 Å². The molecule has 0 fully saturated rings. The zero-order valence-corrected chi connectivity index (χ0v) is 18.2. The van der Waals surface area contributed by atoms with Gasteiger partial charge in [0, 0.05) is 23.1 Å². The number of carbonyl (C=O) groups is 1. The molecule has 0 saturated heterocycles. The number of fused-ring (bicyclic) bond motifs is 1. The molecule has 1 atom stereocenters. The second-order valence-corrected chi connectivity index (χ2v) is 7.73. The maximum absolute atomic E-state index is 13.6. The van der Waals surface area contributed by atoms with Crippen LogP contribution in [-0.2, 0) is 9.53 Å². The molecule has 1 unspecified atom stereocenters. The summed E-state index contributed by atoms with van der Waals surface area (Å²) in [5, 5.41) is 50.7. The lowest BCUT2D eigenvalue weighted by Crippen LogP contribution is -2.12. The highest BCUT2D eigenvalue weighted by atomic mass is 19.1. The molecule has 0 spiro atoms. The molecule has 1 aromatic heterocycles. The lowest BCUT2D eigenvalue weighted by atomic mass is 9.86. The normalized spacial score (nSPS) is 11.9. The lowest BCUT2D eigenvalue weighted by molar-refractivity contribution is -0.140. The van der Waals surface area contributed by atoms with Crippen LogP contribution in [0.1, 0.15) is 23.5 Å². The van der Waals surface area contributed by atoms with E-state index in [4.69, 9.17) is 9.15 Å². The maximum Gasteiger partial charge on any atom is 0.306 e. The van der Waals surface area contributed by atoms with Crippen LogP contribution in [0.4, 0.5) is 4.39 Å². The third-order valence-corrected chi connectivity index (χ3v) is 5.60. The quantitative estimate of drug-likeness (QED) is 0.211. The van der Waals surface area contributed by atoms with Gasteiger partial charge in [0.25, 0.3) is 0 Å². The third kappa shape index (κ3) is 4.17. The Labute approximate surface area is 196 Å². The molecule has 5 N–H and O–H groups in total. The van der Waals surface area contributed by atoms with Crippen molar-refractivity contribution in [1.82, 2.24) is 0 Å². The maximum atomic E-state index is 13.6. The first-order valence-corrected chi connectivity index (χ1v) is 10.2. The first-order chi connectivity index (χ1) is 16.6. The van der Waals surface area contributed by atoms with E-state index in [0.717, 1.165) is 37.4 Å². The monoisotopic (exact) mass is 482 g/mol. The van der Waals surface area contributed by atoms with Crippen molar-refractivity contribution < 1.29 is 43.9 Å². The molecule has 0 amide bonds. The van der Waals surface area contributed by atoms with Crippen LogP contribution in [0.3, 0.4) is 0 Å². The van der Waals surface area contributed by atoms with Gasteiger partial charge in [0.15, 0.2) is 17.3 Å². The Hall–Kier alpha value is -4.73. The van der Waals surface area contributed by atoms with Crippen molar-refractivity contribution in [3.63, 3.8) is 0 Å². The number of benzene rings is 3. The van der Waals surface area contributed by atoms with Gasteiger partial charge in [-0.1, -0.05) is 12.1 Å². The molecule has 4 aromatic rings. The van der Waals surface area contributed by atoms with Crippen molar-refractivity contribution in [2.24, 2.45) is 0 Å². The molecule has 1 heterocycles. The van der Waals surface area contributed by atoms with Gasteiger partial charge in [0.05, 0.1) is 13.5 Å². The molecule has 35 heavy (non-hydrogen) atoms. The van der Waals surface area contributed by atoms with Gasteiger partial charge in [-0.3, -0.25) is 9.59 Å². The second-order valence-electron chi connectivity index (χ2n) is 7.73. The summed E-state index contributed by atoms with van der Waals surface area (Å²) in [4.78, 5) is 25.3. The van der Waals surface area contributed by atoms with E-state index in [0.29, 0.717) is 5.56 Å². The molecule has 0 aliphatic carbocycles. The molecule has 0 aliphatic rings. The van der Waals surface area contributed by atoms with Crippen LogP contribution in [0.15, 0.2) is 57.7 Å². The summed E-state index contributed by atoms with van der Waals surface area (Å²) < 4.78 is 24.1. The molecule has 0 saturated carbocycles. The van der Waals surface area contributed by atoms with E-state index >= 15 is 0 Å². The fourth-order valence-electron chi connectivity index (χ4n) is 3.87. The van der Waals surface area contributed by atoms with Crippen LogP contribution in [0.25, 0.3) is 22.3 Å². The number of carbonyl (C=O) groups excluding carboxylic acids is 1. The summed E-state index contributed by atoms with van der Waals surface area (Å²) in [5.74, 6) is -5.83. The smallest absolute Gasteiger partial charge is 0.306 e. The van der Waals surface area contributed by atoms with Crippen molar-refractivity contribution >= 4 is 16.9 Å². The zero-order chi connectivity index (χ0) is 25.4. The number of phenols is 4. The highest BCUT2D eigenvalue weighted by molar-refractivity contribution is 5.92. The third-order valence-electron chi connectivity index (χ3n) is 5.60. The minimum atomic E-state index is -1.05. The Morgan fingerprint density at radius 3 is 2.26 bits per heavy atom. The topological polar surface area (TPSA) is 158 Å². The van der Waals surface area contributed by atoms with Crippen LogP contribution in [-0.4, -0.2) is 38.6 Å². The van der Waals surface area contributed by atoms with E-state index in [2.05, 4.69) is 0 Å². The number of hydrogen-bond acceptors (Lipinski definition) is 9. The molecule has 10 heteroatoms. The summed E-state index contributed by atoms with van der Waals surface area (Å²) in [6, 6.07) is 9.30. The minimum absolute atomic E-state index is 0.00289. The number of rotatable bonds is 5. The summed E-state index contributed by atoms with van der Waals surface area (Å²) in [7, 11) is 1.16. The Bertz CT molecular complexity index is 1510. The molecule has 9 nitrogen and oxygen atoms in total. The summed E-state index contributed by atoms with van der Waals surface area (Å²) in [5.41, 5.74) is -1.15. The van der Waals surface area contributed by atoms with Gasteiger partial charge in [0.2, 0.25) is 11.2 Å². The predicted octanol–water partition coefficient (Wildman–Crippen LogP) is 3.82. The number of ether oxygens (including phenoxy) is 1. The molecule has 0 radical (unpaired) electrons. The van der Waals surface area contributed by atoms with Crippen LogP contribution in [0, 0.1) is 5.82 Å². The number of methoxy groups -OCH3 is 1. The van der Waals surface area contributed by atoms with Crippen LogP contribution >= 0.6 is 0 Å². The molecule has 0 aliphatic heterocycles. The highest BCUT2D eigenvalue weighted by Crippen LogP contribution is 2.45. The second kappa shape index (κ2) is 8.90. The average Bonchev–Trinajstić information content (AvgIpc) is 2.82. The summed E-state index contributed by atoms with van der Waals surface area (Å²) in [6.07, 6.45) is -0.352. The number of phenolic OH excluding ortho intramolecular Hbond substituents is 4. The van der Waals surface area contributed by atoms with E-state index in [-0.39, 0.29) is 23.1 Å². The Morgan fingerprint density at radius 2 is 1.63 bits per heavy atom. The number of aromatic hydroxyl groups is 5. The molecule has 3 aromatic carbocycles.